The summed E-state index contributed by atoms with van der Waals surface area (Å²) < 4.78 is 13.1. The van der Waals surface area contributed by atoms with Crippen LogP contribution >= 0.6 is 0 Å². The van der Waals surface area contributed by atoms with Crippen molar-refractivity contribution in [3.05, 3.63) is 47.5 Å². The van der Waals surface area contributed by atoms with E-state index >= 15 is 0 Å². The van der Waals surface area contributed by atoms with Gasteiger partial charge in [-0.15, -0.1) is 0 Å². The van der Waals surface area contributed by atoms with Crippen LogP contribution in [0.1, 0.15) is 78.1 Å². The normalized spacial score (nSPS) is 32.7. The van der Waals surface area contributed by atoms with Crippen molar-refractivity contribution in [3.8, 4) is 0 Å². The number of benzene rings is 1. The van der Waals surface area contributed by atoms with Gasteiger partial charge in [0.1, 0.15) is 6.10 Å². The van der Waals surface area contributed by atoms with Gasteiger partial charge < -0.3 is 9.16 Å². The maximum Gasteiger partial charge on any atom is 0.338 e. The molecule has 0 radical (unpaired) electrons. The van der Waals surface area contributed by atoms with Gasteiger partial charge >= 0.3 is 5.97 Å². The van der Waals surface area contributed by atoms with Crippen LogP contribution in [-0.2, 0) is 9.16 Å². The SMILES string of the molecule is C/C=C(\C)[C@H]1[C@@H](CO[Si](C)(C)C(C)(C)C)[C@H]2[C@@H](C[C@H]1C)[C@@H](OC(=O)c1ccccc1)CC[C@@H]2C. The predicted octanol–water partition coefficient (Wildman–Crippen LogP) is 8.13. The Labute approximate surface area is 209 Å². The molecule has 0 unspecified atom stereocenters. The molecule has 3 nitrogen and oxygen atoms in total. The van der Waals surface area contributed by atoms with Crippen LogP contribution in [0.5, 0.6) is 0 Å². The molecule has 34 heavy (non-hydrogen) atoms. The summed E-state index contributed by atoms with van der Waals surface area (Å²) in [5.41, 5.74) is 2.15. The third-order valence-corrected chi connectivity index (χ3v) is 13.9. The van der Waals surface area contributed by atoms with Crippen LogP contribution in [-0.4, -0.2) is 27.0 Å². The Morgan fingerprint density at radius 3 is 2.32 bits per heavy atom. The van der Waals surface area contributed by atoms with Gasteiger partial charge in [-0.3, -0.25) is 0 Å². The molecule has 2 aliphatic rings. The Kier molecular flexibility index (Phi) is 8.56. The summed E-state index contributed by atoms with van der Waals surface area (Å²) in [4.78, 5) is 13.0. The molecular weight excluding hydrogens is 436 g/mol. The van der Waals surface area contributed by atoms with E-state index in [-0.39, 0.29) is 17.1 Å². The van der Waals surface area contributed by atoms with Gasteiger partial charge in [-0.05, 0) is 98.9 Å². The fraction of sp³-hybridized carbons (Fsp3) is 0.700. The number of hydrogen-bond acceptors (Lipinski definition) is 3. The van der Waals surface area contributed by atoms with E-state index in [9.17, 15) is 4.79 Å². The second-order valence-electron chi connectivity index (χ2n) is 12.6. The molecule has 1 aromatic carbocycles. The summed E-state index contributed by atoms with van der Waals surface area (Å²) in [5.74, 6) is 2.91. The van der Waals surface area contributed by atoms with Gasteiger partial charge in [-0.2, -0.15) is 0 Å². The van der Waals surface area contributed by atoms with Crippen molar-refractivity contribution in [1.82, 2.24) is 0 Å². The summed E-state index contributed by atoms with van der Waals surface area (Å²) in [6.07, 6.45) is 5.51. The van der Waals surface area contributed by atoms with Crippen molar-refractivity contribution in [2.24, 2.45) is 35.5 Å². The number of hydrogen-bond donors (Lipinski definition) is 0. The van der Waals surface area contributed by atoms with Gasteiger partial charge in [-0.1, -0.05) is 64.5 Å². The summed E-state index contributed by atoms with van der Waals surface area (Å²) in [7, 11) is -1.86. The molecule has 2 saturated carbocycles. The van der Waals surface area contributed by atoms with Crippen molar-refractivity contribution in [3.63, 3.8) is 0 Å². The third kappa shape index (κ3) is 5.70. The quantitative estimate of drug-likeness (QED) is 0.232. The molecule has 4 heteroatoms. The molecule has 3 rings (SSSR count). The van der Waals surface area contributed by atoms with Gasteiger partial charge in [0.15, 0.2) is 8.32 Å². The lowest BCUT2D eigenvalue weighted by Gasteiger charge is -2.54. The van der Waals surface area contributed by atoms with E-state index in [1.165, 1.54) is 5.57 Å². The van der Waals surface area contributed by atoms with Crippen molar-refractivity contribution in [2.75, 3.05) is 6.61 Å². The minimum absolute atomic E-state index is 0.00131. The highest BCUT2D eigenvalue weighted by Crippen LogP contribution is 2.54. The van der Waals surface area contributed by atoms with E-state index < -0.39 is 8.32 Å². The molecule has 0 N–H and O–H groups in total. The second kappa shape index (κ2) is 10.7. The van der Waals surface area contributed by atoms with Crippen molar-refractivity contribution in [2.45, 2.75) is 92.0 Å². The number of esters is 1. The average molecular weight is 485 g/mol. The van der Waals surface area contributed by atoms with E-state index in [0.29, 0.717) is 41.1 Å². The predicted molar refractivity (Wildman–Crippen MR) is 144 cm³/mol. The minimum atomic E-state index is -1.86. The lowest BCUT2D eigenvalue weighted by molar-refractivity contribution is -0.0921. The standard InChI is InChI=1S/C30H48O3Si/c1-10-20(2)27-22(4)18-24-26(33-29(31)23-14-12-11-13-15-23)17-16-21(3)28(24)25(27)19-32-34(8,9)30(5,6)7/h10-15,21-22,24-28H,16-19H2,1-9H3/b20-10+/t21-,22+,24-,25+,26-,27+,28+/m0/s1. The fourth-order valence-electron chi connectivity index (χ4n) is 6.43. The van der Waals surface area contributed by atoms with Gasteiger partial charge in [0.2, 0.25) is 0 Å². The number of fused-ring (bicyclic) bond motifs is 1. The topological polar surface area (TPSA) is 35.5 Å². The van der Waals surface area contributed by atoms with Crippen LogP contribution in [0, 0.1) is 35.5 Å². The van der Waals surface area contributed by atoms with Crippen LogP contribution in [0.4, 0.5) is 0 Å². The number of allylic oxidation sites excluding steroid dienone is 2. The van der Waals surface area contributed by atoms with Gasteiger partial charge in [-0.25, -0.2) is 4.79 Å². The highest BCUT2D eigenvalue weighted by Gasteiger charge is 2.51. The Balaban J connectivity index is 1.89. The lowest BCUT2D eigenvalue weighted by Crippen LogP contribution is -2.53. The highest BCUT2D eigenvalue weighted by molar-refractivity contribution is 6.74. The highest BCUT2D eigenvalue weighted by atomic mass is 28.4. The number of ether oxygens (including phenoxy) is 1. The first kappa shape index (κ1) is 27.2. The van der Waals surface area contributed by atoms with E-state index in [1.807, 2.05) is 30.3 Å². The molecule has 190 valence electrons. The minimum Gasteiger partial charge on any atom is -0.458 e. The zero-order valence-corrected chi connectivity index (χ0v) is 24.1. The van der Waals surface area contributed by atoms with Crippen molar-refractivity contribution < 1.29 is 14.0 Å². The molecular formula is C30H48O3Si. The molecule has 0 saturated heterocycles. The monoisotopic (exact) mass is 484 g/mol. The fourth-order valence-corrected chi connectivity index (χ4v) is 7.47. The molecule has 0 spiro atoms. The van der Waals surface area contributed by atoms with E-state index in [2.05, 4.69) is 67.6 Å². The lowest BCUT2D eigenvalue weighted by atomic mass is 9.53. The molecule has 0 aliphatic heterocycles. The molecule has 0 bridgehead atoms. The number of carbonyl (C=O) groups is 1. The van der Waals surface area contributed by atoms with Crippen molar-refractivity contribution >= 4 is 14.3 Å². The van der Waals surface area contributed by atoms with Gasteiger partial charge in [0.25, 0.3) is 0 Å². The Hall–Kier alpha value is -1.39. The Morgan fingerprint density at radius 1 is 1.09 bits per heavy atom. The summed E-state index contributed by atoms with van der Waals surface area (Å²) in [6, 6.07) is 9.47. The van der Waals surface area contributed by atoms with E-state index in [4.69, 9.17) is 9.16 Å². The van der Waals surface area contributed by atoms with Gasteiger partial charge in [0, 0.05) is 6.61 Å². The molecule has 2 aliphatic carbocycles. The zero-order chi connectivity index (χ0) is 25.3. The third-order valence-electron chi connectivity index (χ3n) is 9.44. The maximum atomic E-state index is 13.0. The average Bonchev–Trinajstić information content (AvgIpc) is 2.78. The smallest absolute Gasteiger partial charge is 0.338 e. The maximum absolute atomic E-state index is 13.0. The number of carbonyl (C=O) groups excluding carboxylic acids is 1. The van der Waals surface area contributed by atoms with Crippen LogP contribution in [0.3, 0.4) is 0 Å². The zero-order valence-electron chi connectivity index (χ0n) is 23.1. The number of rotatable bonds is 6. The molecule has 7 atom stereocenters. The van der Waals surface area contributed by atoms with Crippen molar-refractivity contribution in [1.29, 1.82) is 0 Å². The van der Waals surface area contributed by atoms with E-state index in [0.717, 1.165) is 25.9 Å². The first-order valence-corrected chi connectivity index (χ1v) is 16.3. The molecule has 1 aromatic rings. The first-order chi connectivity index (χ1) is 15.9. The molecule has 2 fully saturated rings. The summed E-state index contributed by atoms with van der Waals surface area (Å²) in [5, 5.41) is 0.198. The molecule has 0 heterocycles. The largest absolute Gasteiger partial charge is 0.458 e. The summed E-state index contributed by atoms with van der Waals surface area (Å²) in [6.45, 7) is 21.8. The second-order valence-corrected chi connectivity index (χ2v) is 17.4. The molecule has 0 amide bonds. The summed E-state index contributed by atoms with van der Waals surface area (Å²) >= 11 is 0. The first-order valence-electron chi connectivity index (χ1n) is 13.4. The Morgan fingerprint density at radius 2 is 1.74 bits per heavy atom. The molecule has 0 aromatic heterocycles. The van der Waals surface area contributed by atoms with Crippen LogP contribution in [0.25, 0.3) is 0 Å². The van der Waals surface area contributed by atoms with Crippen LogP contribution in [0.15, 0.2) is 42.0 Å². The van der Waals surface area contributed by atoms with Crippen LogP contribution in [0.2, 0.25) is 18.1 Å². The van der Waals surface area contributed by atoms with E-state index in [1.54, 1.807) is 0 Å². The van der Waals surface area contributed by atoms with Gasteiger partial charge in [0.05, 0.1) is 5.56 Å². The Bertz CT molecular complexity index is 854. The van der Waals surface area contributed by atoms with Crippen LogP contribution < -0.4 is 0 Å².